The van der Waals surface area contributed by atoms with Gasteiger partial charge in [-0.05, 0) is 18.3 Å². The van der Waals surface area contributed by atoms with E-state index in [1.165, 1.54) is 0 Å². The quantitative estimate of drug-likeness (QED) is 0.645. The van der Waals surface area contributed by atoms with Gasteiger partial charge in [0.15, 0.2) is 0 Å². The zero-order chi connectivity index (χ0) is 9.02. The largest absolute Gasteiger partial charge is 0.480 e. The lowest BCUT2D eigenvalue weighted by atomic mass is 9.93. The molecule has 1 unspecified atom stereocenters. The summed E-state index contributed by atoms with van der Waals surface area (Å²) in [4.78, 5) is 10.4. The third-order valence-corrected chi connectivity index (χ3v) is 1.74. The number of hydrogen-bond donors (Lipinski definition) is 2. The molecule has 11 heavy (non-hydrogen) atoms. The van der Waals surface area contributed by atoms with Gasteiger partial charge in [0.25, 0.3) is 0 Å². The maximum absolute atomic E-state index is 10.4. The minimum Gasteiger partial charge on any atom is -0.480 e. The predicted molar refractivity (Wildman–Crippen MR) is 44.2 cm³/mol. The first-order valence-corrected chi connectivity index (χ1v) is 3.93. The molecule has 3 nitrogen and oxygen atoms in total. The van der Waals surface area contributed by atoms with Crippen LogP contribution in [0.25, 0.3) is 0 Å². The van der Waals surface area contributed by atoms with Crippen LogP contribution in [0.4, 0.5) is 0 Å². The van der Waals surface area contributed by atoms with Gasteiger partial charge >= 0.3 is 5.97 Å². The van der Waals surface area contributed by atoms with Crippen molar-refractivity contribution in [1.29, 1.82) is 0 Å². The molecule has 0 aliphatic rings. The van der Waals surface area contributed by atoms with Gasteiger partial charge in [0, 0.05) is 0 Å². The van der Waals surface area contributed by atoms with E-state index in [9.17, 15) is 4.79 Å². The van der Waals surface area contributed by atoms with Crippen LogP contribution in [0, 0.1) is 11.8 Å². The monoisotopic (exact) mass is 159 g/mol. The number of rotatable bonds is 4. The van der Waals surface area contributed by atoms with E-state index in [4.69, 9.17) is 10.8 Å². The zero-order valence-electron chi connectivity index (χ0n) is 7.37. The average Bonchev–Trinajstić information content (AvgIpc) is 1.84. The van der Waals surface area contributed by atoms with E-state index in [2.05, 4.69) is 13.8 Å². The molecule has 2 atom stereocenters. The number of hydrogen-bond acceptors (Lipinski definition) is 2. The highest BCUT2D eigenvalue weighted by Crippen LogP contribution is 2.13. The second-order valence-electron chi connectivity index (χ2n) is 3.47. The Hall–Kier alpha value is -0.570. The Morgan fingerprint density at radius 2 is 1.91 bits per heavy atom. The Kier molecular flexibility index (Phi) is 4.11. The van der Waals surface area contributed by atoms with Gasteiger partial charge in [-0.2, -0.15) is 0 Å². The van der Waals surface area contributed by atoms with Crippen molar-refractivity contribution in [3.63, 3.8) is 0 Å². The molecular formula is C8H17NO2. The Balaban J connectivity index is 3.82. The van der Waals surface area contributed by atoms with Crippen molar-refractivity contribution < 1.29 is 9.90 Å². The molecule has 3 N–H and O–H groups in total. The molecule has 0 aromatic carbocycles. The van der Waals surface area contributed by atoms with Crippen molar-refractivity contribution in [2.75, 3.05) is 0 Å². The molecule has 0 aliphatic heterocycles. The van der Waals surface area contributed by atoms with Crippen LogP contribution in [0.2, 0.25) is 0 Å². The molecule has 0 aliphatic carbocycles. The lowest BCUT2D eigenvalue weighted by Crippen LogP contribution is -2.37. The summed E-state index contributed by atoms with van der Waals surface area (Å²) in [5.41, 5.74) is 5.41. The van der Waals surface area contributed by atoms with Crippen LogP contribution in [0.5, 0.6) is 0 Å². The van der Waals surface area contributed by atoms with Crippen molar-refractivity contribution in [2.45, 2.75) is 33.2 Å². The fourth-order valence-corrected chi connectivity index (χ4v) is 1.13. The van der Waals surface area contributed by atoms with Crippen molar-refractivity contribution in [1.82, 2.24) is 0 Å². The molecule has 0 radical (unpaired) electrons. The minimum absolute atomic E-state index is 0.0625. The van der Waals surface area contributed by atoms with Crippen molar-refractivity contribution in [3.8, 4) is 0 Å². The van der Waals surface area contributed by atoms with Crippen molar-refractivity contribution >= 4 is 5.97 Å². The molecule has 0 aromatic rings. The van der Waals surface area contributed by atoms with Crippen LogP contribution >= 0.6 is 0 Å². The fourth-order valence-electron chi connectivity index (χ4n) is 1.13. The Morgan fingerprint density at radius 3 is 2.18 bits per heavy atom. The van der Waals surface area contributed by atoms with E-state index in [0.29, 0.717) is 5.92 Å². The summed E-state index contributed by atoms with van der Waals surface area (Å²) in [6.07, 6.45) is 0.869. The molecule has 3 heteroatoms. The number of nitrogens with two attached hydrogens (primary N) is 1. The average molecular weight is 159 g/mol. The van der Waals surface area contributed by atoms with Gasteiger partial charge in [0.1, 0.15) is 6.04 Å². The van der Waals surface area contributed by atoms with Gasteiger partial charge in [-0.15, -0.1) is 0 Å². The van der Waals surface area contributed by atoms with Crippen LogP contribution in [0.1, 0.15) is 27.2 Å². The molecule has 0 saturated carbocycles. The van der Waals surface area contributed by atoms with Gasteiger partial charge in [-0.3, -0.25) is 4.79 Å². The summed E-state index contributed by atoms with van der Waals surface area (Å²) in [6.45, 7) is 5.99. The van der Waals surface area contributed by atoms with Gasteiger partial charge in [-0.1, -0.05) is 20.8 Å². The molecule has 0 heterocycles. The fraction of sp³-hybridized carbons (Fsp3) is 0.875. The summed E-state index contributed by atoms with van der Waals surface area (Å²) in [5.74, 6) is -0.332. The van der Waals surface area contributed by atoms with Crippen LogP contribution in [0.15, 0.2) is 0 Å². The van der Waals surface area contributed by atoms with Gasteiger partial charge in [0.2, 0.25) is 0 Å². The van der Waals surface area contributed by atoms with E-state index in [-0.39, 0.29) is 5.92 Å². The SMILES string of the molecule is CC(C)CC(C)[C@H](N)C(=O)O. The maximum Gasteiger partial charge on any atom is 0.320 e. The van der Waals surface area contributed by atoms with Gasteiger partial charge in [0.05, 0.1) is 0 Å². The molecule has 0 fully saturated rings. The zero-order valence-corrected chi connectivity index (χ0v) is 7.37. The summed E-state index contributed by atoms with van der Waals surface area (Å²) < 4.78 is 0. The normalized spacial score (nSPS) is 16.5. The number of carbonyl (C=O) groups is 1. The van der Waals surface area contributed by atoms with E-state index in [1.54, 1.807) is 0 Å². The Morgan fingerprint density at radius 1 is 1.45 bits per heavy atom. The third-order valence-electron chi connectivity index (χ3n) is 1.74. The summed E-state index contributed by atoms with van der Waals surface area (Å²) in [5, 5.41) is 8.54. The smallest absolute Gasteiger partial charge is 0.320 e. The molecule has 66 valence electrons. The predicted octanol–water partition coefficient (Wildman–Crippen LogP) is 1.08. The topological polar surface area (TPSA) is 63.3 Å². The second-order valence-corrected chi connectivity index (χ2v) is 3.47. The lowest BCUT2D eigenvalue weighted by Gasteiger charge is -2.17. The Bertz CT molecular complexity index is 134. The minimum atomic E-state index is -0.904. The highest BCUT2D eigenvalue weighted by molar-refractivity contribution is 5.73. The third kappa shape index (κ3) is 3.98. The first kappa shape index (κ1) is 10.4. The molecule has 0 rings (SSSR count). The van der Waals surface area contributed by atoms with Crippen LogP contribution < -0.4 is 5.73 Å². The number of aliphatic carboxylic acids is 1. The molecule has 0 spiro atoms. The molecular weight excluding hydrogens is 142 g/mol. The van der Waals surface area contributed by atoms with Crippen molar-refractivity contribution in [2.24, 2.45) is 17.6 Å². The van der Waals surface area contributed by atoms with Crippen LogP contribution in [-0.2, 0) is 4.79 Å². The number of carboxylic acid groups (broad SMARTS) is 1. The van der Waals surface area contributed by atoms with Crippen molar-refractivity contribution in [3.05, 3.63) is 0 Å². The van der Waals surface area contributed by atoms with Crippen LogP contribution in [0.3, 0.4) is 0 Å². The molecule has 0 amide bonds. The molecule has 0 saturated heterocycles. The first-order valence-electron chi connectivity index (χ1n) is 3.93. The van der Waals surface area contributed by atoms with E-state index in [0.717, 1.165) is 6.42 Å². The van der Waals surface area contributed by atoms with E-state index < -0.39 is 12.0 Å². The molecule has 0 aromatic heterocycles. The maximum atomic E-state index is 10.4. The van der Waals surface area contributed by atoms with Gasteiger partial charge in [-0.25, -0.2) is 0 Å². The lowest BCUT2D eigenvalue weighted by molar-refractivity contribution is -0.139. The van der Waals surface area contributed by atoms with E-state index in [1.807, 2.05) is 6.92 Å². The van der Waals surface area contributed by atoms with Gasteiger partial charge < -0.3 is 10.8 Å². The summed E-state index contributed by atoms with van der Waals surface area (Å²) in [7, 11) is 0. The highest BCUT2D eigenvalue weighted by atomic mass is 16.4. The molecule has 0 bridgehead atoms. The second kappa shape index (κ2) is 4.34. The summed E-state index contributed by atoms with van der Waals surface area (Å²) in [6, 6.07) is -0.711. The number of carboxylic acids is 1. The van der Waals surface area contributed by atoms with Crippen LogP contribution in [-0.4, -0.2) is 17.1 Å². The Labute approximate surface area is 67.6 Å². The highest BCUT2D eigenvalue weighted by Gasteiger charge is 2.20. The standard InChI is InChI=1S/C8H17NO2/c1-5(2)4-6(3)7(9)8(10)11/h5-7H,4,9H2,1-3H3,(H,10,11)/t6?,7-/m0/s1. The first-order chi connectivity index (χ1) is 4.95. The summed E-state index contributed by atoms with van der Waals surface area (Å²) >= 11 is 0. The van der Waals surface area contributed by atoms with E-state index >= 15 is 0 Å².